The van der Waals surface area contributed by atoms with Gasteiger partial charge in [0.1, 0.15) is 17.8 Å². The van der Waals surface area contributed by atoms with E-state index in [2.05, 4.69) is 18.8 Å². The van der Waals surface area contributed by atoms with Crippen molar-refractivity contribution in [2.24, 2.45) is 10.9 Å². The molecule has 0 aromatic heterocycles. The van der Waals surface area contributed by atoms with Crippen LogP contribution >= 0.6 is 0 Å². The Morgan fingerprint density at radius 3 is 2.32 bits per heavy atom. The second-order valence-corrected chi connectivity index (χ2v) is 5.85. The van der Waals surface area contributed by atoms with Gasteiger partial charge in [0.25, 0.3) is 0 Å². The third-order valence-electron chi connectivity index (χ3n) is 3.90. The normalized spacial score (nSPS) is 21.8. The summed E-state index contributed by atoms with van der Waals surface area (Å²) in [4.78, 5) is 18.8. The fourth-order valence-corrected chi connectivity index (χ4v) is 2.76. The predicted octanol–water partition coefficient (Wildman–Crippen LogP) is 2.50. The van der Waals surface area contributed by atoms with Crippen molar-refractivity contribution in [3.05, 3.63) is 29.8 Å². The van der Waals surface area contributed by atoms with Crippen LogP contribution in [0.4, 0.5) is 0 Å². The number of carbonyl (C=O) groups is 1. The minimum absolute atomic E-state index is 0.0373. The molecule has 0 fully saturated rings. The van der Waals surface area contributed by atoms with E-state index >= 15 is 0 Å². The van der Waals surface area contributed by atoms with E-state index < -0.39 is 6.04 Å². The molecule has 1 aromatic rings. The highest BCUT2D eigenvalue weighted by molar-refractivity contribution is 5.95. The lowest BCUT2D eigenvalue weighted by molar-refractivity contribution is -0.136. The Morgan fingerprint density at radius 2 is 1.82 bits per heavy atom. The number of methoxy groups -OCH3 is 2. The third-order valence-corrected chi connectivity index (χ3v) is 3.90. The van der Waals surface area contributed by atoms with Gasteiger partial charge in [0, 0.05) is 6.54 Å². The summed E-state index contributed by atoms with van der Waals surface area (Å²) < 4.78 is 10.6. The maximum Gasteiger partial charge on any atom is 0.248 e. The summed E-state index contributed by atoms with van der Waals surface area (Å²) in [6, 6.07) is 7.24. The van der Waals surface area contributed by atoms with Crippen LogP contribution in [0.3, 0.4) is 0 Å². The van der Waals surface area contributed by atoms with Gasteiger partial charge < -0.3 is 14.4 Å². The van der Waals surface area contributed by atoms with Gasteiger partial charge in [0.15, 0.2) is 0 Å². The van der Waals surface area contributed by atoms with Crippen LogP contribution < -0.4 is 4.74 Å². The van der Waals surface area contributed by atoms with Crippen molar-refractivity contribution in [2.75, 3.05) is 14.2 Å². The van der Waals surface area contributed by atoms with Gasteiger partial charge in [0.05, 0.1) is 14.2 Å². The molecule has 0 saturated carbocycles. The van der Waals surface area contributed by atoms with Crippen LogP contribution in [0, 0.1) is 5.92 Å². The van der Waals surface area contributed by atoms with E-state index in [1.54, 1.807) is 21.1 Å². The number of benzene rings is 1. The van der Waals surface area contributed by atoms with E-state index in [1.807, 2.05) is 29.2 Å². The van der Waals surface area contributed by atoms with E-state index in [9.17, 15) is 4.79 Å². The molecule has 0 radical (unpaired) electrons. The molecule has 1 aliphatic heterocycles. The van der Waals surface area contributed by atoms with Gasteiger partial charge in [-0.15, -0.1) is 0 Å². The smallest absolute Gasteiger partial charge is 0.248 e. The van der Waals surface area contributed by atoms with E-state index in [0.717, 1.165) is 11.3 Å². The number of hydrogen-bond donors (Lipinski definition) is 0. The molecular formula is C17H24N2O3. The molecule has 5 heteroatoms. The number of amides is 1. The van der Waals surface area contributed by atoms with Gasteiger partial charge in [-0.1, -0.05) is 26.0 Å². The first-order chi connectivity index (χ1) is 10.5. The van der Waals surface area contributed by atoms with Crippen molar-refractivity contribution >= 4 is 11.8 Å². The predicted molar refractivity (Wildman–Crippen MR) is 86.1 cm³/mol. The van der Waals surface area contributed by atoms with Gasteiger partial charge in [-0.05, 0) is 30.5 Å². The van der Waals surface area contributed by atoms with Crippen molar-refractivity contribution in [2.45, 2.75) is 39.4 Å². The molecule has 1 amide bonds. The minimum atomic E-state index is -0.400. The van der Waals surface area contributed by atoms with Crippen molar-refractivity contribution in [1.82, 2.24) is 4.90 Å². The lowest BCUT2D eigenvalue weighted by Gasteiger charge is -2.39. The molecule has 0 spiro atoms. The van der Waals surface area contributed by atoms with Crippen LogP contribution in [0.15, 0.2) is 29.3 Å². The summed E-state index contributed by atoms with van der Waals surface area (Å²) in [7, 11) is 3.25. The lowest BCUT2D eigenvalue weighted by Crippen LogP contribution is -2.54. The number of rotatable bonds is 4. The van der Waals surface area contributed by atoms with E-state index in [0.29, 0.717) is 12.4 Å². The highest BCUT2D eigenvalue weighted by Gasteiger charge is 2.38. The van der Waals surface area contributed by atoms with Gasteiger partial charge in [0.2, 0.25) is 11.8 Å². The van der Waals surface area contributed by atoms with Gasteiger partial charge in [-0.25, -0.2) is 4.99 Å². The topological polar surface area (TPSA) is 51.1 Å². The van der Waals surface area contributed by atoms with Crippen LogP contribution in [-0.2, 0) is 16.1 Å². The first-order valence-corrected chi connectivity index (χ1v) is 7.53. The Labute approximate surface area is 131 Å². The van der Waals surface area contributed by atoms with Crippen LogP contribution in [0.25, 0.3) is 0 Å². The average Bonchev–Trinajstić information content (AvgIpc) is 2.51. The maximum atomic E-state index is 12.6. The molecule has 2 rings (SSSR count). The summed E-state index contributed by atoms with van der Waals surface area (Å²) >= 11 is 0. The average molecular weight is 304 g/mol. The molecule has 5 nitrogen and oxygen atoms in total. The Bertz CT molecular complexity index is 552. The molecule has 0 unspecified atom stereocenters. The van der Waals surface area contributed by atoms with Crippen LogP contribution in [0.2, 0.25) is 0 Å². The molecule has 2 atom stereocenters. The van der Waals surface area contributed by atoms with E-state index in [-0.39, 0.29) is 17.9 Å². The Hall–Kier alpha value is -2.04. The molecule has 22 heavy (non-hydrogen) atoms. The minimum Gasteiger partial charge on any atom is -0.497 e. The summed E-state index contributed by atoms with van der Waals surface area (Å²) in [5.41, 5.74) is 1.06. The molecule has 1 heterocycles. The molecule has 0 aliphatic carbocycles. The van der Waals surface area contributed by atoms with Gasteiger partial charge in [-0.2, -0.15) is 0 Å². The fourth-order valence-electron chi connectivity index (χ4n) is 2.76. The van der Waals surface area contributed by atoms with Gasteiger partial charge >= 0.3 is 0 Å². The quantitative estimate of drug-likeness (QED) is 0.859. The SMILES string of the molecule is COC1=N[C@H](C)C(=O)N(Cc2ccc(OC)cc2)[C@H]1C(C)C. The zero-order valence-electron chi connectivity index (χ0n) is 13.9. The standard InChI is InChI=1S/C17H24N2O3/c1-11(2)15-16(22-5)18-12(3)17(20)19(15)10-13-6-8-14(21-4)9-7-13/h6-9,11-12,15H,10H2,1-5H3/t12-,15+/m1/s1. The molecular weight excluding hydrogens is 280 g/mol. The number of aliphatic imine (C=N–C) groups is 1. The Kier molecular flexibility index (Phi) is 5.06. The van der Waals surface area contributed by atoms with Crippen molar-refractivity contribution < 1.29 is 14.3 Å². The van der Waals surface area contributed by atoms with Crippen molar-refractivity contribution in [3.63, 3.8) is 0 Å². The number of carbonyl (C=O) groups excluding carboxylic acids is 1. The number of nitrogens with zero attached hydrogens (tertiary/aromatic N) is 2. The third kappa shape index (κ3) is 3.24. The number of ether oxygens (including phenoxy) is 2. The number of hydrogen-bond acceptors (Lipinski definition) is 4. The summed E-state index contributed by atoms with van der Waals surface area (Å²) in [6.45, 7) is 6.49. The lowest BCUT2D eigenvalue weighted by atomic mass is 9.98. The van der Waals surface area contributed by atoms with Crippen LogP contribution in [0.1, 0.15) is 26.3 Å². The van der Waals surface area contributed by atoms with E-state index in [4.69, 9.17) is 9.47 Å². The zero-order chi connectivity index (χ0) is 16.3. The summed E-state index contributed by atoms with van der Waals surface area (Å²) in [5.74, 6) is 1.71. The van der Waals surface area contributed by atoms with Crippen LogP contribution in [0.5, 0.6) is 5.75 Å². The largest absolute Gasteiger partial charge is 0.497 e. The highest BCUT2D eigenvalue weighted by atomic mass is 16.5. The zero-order valence-corrected chi connectivity index (χ0v) is 13.9. The first kappa shape index (κ1) is 16.3. The maximum absolute atomic E-state index is 12.6. The summed E-state index contributed by atoms with van der Waals surface area (Å²) in [5, 5.41) is 0. The monoisotopic (exact) mass is 304 g/mol. The van der Waals surface area contributed by atoms with Crippen LogP contribution in [-0.4, -0.2) is 43.0 Å². The van der Waals surface area contributed by atoms with E-state index in [1.165, 1.54) is 0 Å². The second-order valence-electron chi connectivity index (χ2n) is 5.85. The molecule has 1 aromatic carbocycles. The molecule has 0 bridgehead atoms. The molecule has 0 saturated heterocycles. The second kappa shape index (κ2) is 6.81. The fraction of sp³-hybridized carbons (Fsp3) is 0.529. The highest BCUT2D eigenvalue weighted by Crippen LogP contribution is 2.24. The summed E-state index contributed by atoms with van der Waals surface area (Å²) in [6.07, 6.45) is 0. The van der Waals surface area contributed by atoms with Gasteiger partial charge in [-0.3, -0.25) is 4.79 Å². The molecule has 120 valence electrons. The van der Waals surface area contributed by atoms with Crippen molar-refractivity contribution in [1.29, 1.82) is 0 Å². The van der Waals surface area contributed by atoms with Crippen molar-refractivity contribution in [3.8, 4) is 5.75 Å². The first-order valence-electron chi connectivity index (χ1n) is 7.53. The Balaban J connectivity index is 2.28. The Morgan fingerprint density at radius 1 is 1.18 bits per heavy atom. The molecule has 0 N–H and O–H groups in total. The molecule has 1 aliphatic rings.